The Labute approximate surface area is 194 Å². The molecule has 1 aliphatic carbocycles. The molecule has 0 bridgehead atoms. The Morgan fingerprint density at radius 1 is 1.18 bits per heavy atom. The van der Waals surface area contributed by atoms with Crippen LogP contribution in [0.4, 0.5) is 29.3 Å². The number of amides is 3. The van der Waals surface area contributed by atoms with Gasteiger partial charge in [-0.15, -0.1) is 0 Å². The predicted molar refractivity (Wildman–Crippen MR) is 118 cm³/mol. The molecule has 1 saturated heterocycles. The minimum atomic E-state index is -5.08. The van der Waals surface area contributed by atoms with E-state index in [-0.39, 0.29) is 23.3 Å². The SMILES string of the molecule is CCc1cccc(NC(=O)N2CCC3(CC3C(=O)Nc3cccnc3)C2)c1.O=C(O)C(F)(F)F. The molecule has 2 aliphatic rings. The smallest absolute Gasteiger partial charge is 0.475 e. The van der Waals surface area contributed by atoms with Crippen LogP contribution >= 0.6 is 0 Å². The molecular formula is C23H25F3N4O4. The molecule has 2 fully saturated rings. The van der Waals surface area contributed by atoms with Gasteiger partial charge in [0.2, 0.25) is 5.91 Å². The molecule has 3 amide bonds. The molecule has 4 rings (SSSR count). The normalized spacial score (nSPS) is 20.8. The number of carboxylic acid groups (broad SMARTS) is 1. The lowest BCUT2D eigenvalue weighted by molar-refractivity contribution is -0.192. The van der Waals surface area contributed by atoms with E-state index < -0.39 is 12.1 Å². The van der Waals surface area contributed by atoms with Crippen LogP contribution in [-0.2, 0) is 16.0 Å². The maximum atomic E-state index is 12.6. The van der Waals surface area contributed by atoms with Crippen molar-refractivity contribution in [3.8, 4) is 0 Å². The second-order valence-electron chi connectivity index (χ2n) is 8.31. The number of pyridine rings is 1. The van der Waals surface area contributed by atoms with E-state index in [0.29, 0.717) is 18.8 Å². The molecule has 2 heterocycles. The van der Waals surface area contributed by atoms with Crippen LogP contribution in [0.25, 0.3) is 0 Å². The number of carbonyl (C=O) groups is 3. The number of hydrogen-bond donors (Lipinski definition) is 3. The van der Waals surface area contributed by atoms with E-state index in [1.54, 1.807) is 18.5 Å². The number of halogens is 3. The number of rotatable bonds is 4. The maximum Gasteiger partial charge on any atom is 0.490 e. The predicted octanol–water partition coefficient (Wildman–Crippen LogP) is 4.16. The Bertz CT molecular complexity index is 1050. The first-order valence-electron chi connectivity index (χ1n) is 10.7. The summed E-state index contributed by atoms with van der Waals surface area (Å²) in [6.07, 6.45) is 0.892. The standard InChI is InChI=1S/C21H24N4O2.C2HF3O2/c1-2-15-5-3-6-16(11-15)24-20(27)25-10-8-21(14-25)12-18(21)19(26)23-17-7-4-9-22-13-17;3-2(4,5)1(6)7/h3-7,9,11,13,18H,2,8,10,12,14H2,1H3,(H,23,26)(H,24,27);(H,6,7). The maximum absolute atomic E-state index is 12.6. The lowest BCUT2D eigenvalue weighted by Gasteiger charge is -2.18. The summed E-state index contributed by atoms with van der Waals surface area (Å²) in [6, 6.07) is 11.5. The lowest BCUT2D eigenvalue weighted by atomic mass is 10.0. The van der Waals surface area contributed by atoms with Gasteiger partial charge in [-0.1, -0.05) is 19.1 Å². The average molecular weight is 478 g/mol. The summed E-state index contributed by atoms with van der Waals surface area (Å²) in [5, 5.41) is 13.0. The average Bonchev–Trinajstić information content (AvgIpc) is 3.33. The molecule has 182 valence electrons. The van der Waals surface area contributed by atoms with Crippen molar-refractivity contribution in [2.75, 3.05) is 23.7 Å². The Morgan fingerprint density at radius 2 is 1.88 bits per heavy atom. The second-order valence-corrected chi connectivity index (χ2v) is 8.31. The Balaban J connectivity index is 0.000000406. The highest BCUT2D eigenvalue weighted by molar-refractivity contribution is 5.95. The zero-order valence-corrected chi connectivity index (χ0v) is 18.4. The van der Waals surface area contributed by atoms with E-state index in [0.717, 1.165) is 24.9 Å². The summed E-state index contributed by atoms with van der Waals surface area (Å²) >= 11 is 0. The van der Waals surface area contributed by atoms with Gasteiger partial charge in [-0.2, -0.15) is 13.2 Å². The number of nitrogens with one attached hydrogen (secondary N) is 2. The highest BCUT2D eigenvalue weighted by Gasteiger charge is 2.61. The summed E-state index contributed by atoms with van der Waals surface area (Å²) in [4.78, 5) is 39.9. The van der Waals surface area contributed by atoms with Crippen molar-refractivity contribution >= 4 is 29.3 Å². The minimum absolute atomic E-state index is 0.0286. The number of alkyl halides is 3. The molecule has 0 radical (unpaired) electrons. The summed E-state index contributed by atoms with van der Waals surface area (Å²) in [7, 11) is 0. The number of anilines is 2. The molecule has 34 heavy (non-hydrogen) atoms. The van der Waals surface area contributed by atoms with Crippen molar-refractivity contribution in [2.24, 2.45) is 11.3 Å². The van der Waals surface area contributed by atoms with Crippen LogP contribution in [-0.4, -0.2) is 52.2 Å². The first-order chi connectivity index (χ1) is 16.0. The van der Waals surface area contributed by atoms with Gasteiger partial charge in [-0.05, 0) is 49.1 Å². The zero-order chi connectivity index (χ0) is 24.9. The van der Waals surface area contributed by atoms with E-state index in [9.17, 15) is 22.8 Å². The summed E-state index contributed by atoms with van der Waals surface area (Å²) < 4.78 is 31.7. The van der Waals surface area contributed by atoms with Gasteiger partial charge < -0.3 is 20.6 Å². The number of likely N-dealkylation sites (tertiary alicyclic amines) is 1. The molecule has 2 aromatic rings. The van der Waals surface area contributed by atoms with Gasteiger partial charge in [-0.25, -0.2) is 9.59 Å². The van der Waals surface area contributed by atoms with Crippen molar-refractivity contribution in [1.82, 2.24) is 9.88 Å². The summed E-state index contributed by atoms with van der Waals surface area (Å²) in [6.45, 7) is 3.42. The first-order valence-corrected chi connectivity index (χ1v) is 10.7. The molecule has 3 N–H and O–H groups in total. The number of carboxylic acids is 1. The van der Waals surface area contributed by atoms with Crippen LogP contribution in [0, 0.1) is 11.3 Å². The molecule has 8 nitrogen and oxygen atoms in total. The Hall–Kier alpha value is -3.63. The third-order valence-corrected chi connectivity index (χ3v) is 5.94. The second kappa shape index (κ2) is 10.1. The van der Waals surface area contributed by atoms with Gasteiger partial charge in [0, 0.05) is 36.3 Å². The highest BCUT2D eigenvalue weighted by Crippen LogP contribution is 2.58. The fourth-order valence-corrected chi connectivity index (χ4v) is 3.98. The number of hydrogen-bond acceptors (Lipinski definition) is 4. The molecule has 2 unspecified atom stereocenters. The molecule has 1 aromatic carbocycles. The number of urea groups is 1. The topological polar surface area (TPSA) is 112 Å². The number of aryl methyl sites for hydroxylation is 1. The monoisotopic (exact) mass is 478 g/mol. The number of benzene rings is 1. The van der Waals surface area contributed by atoms with Crippen LogP contribution in [0.3, 0.4) is 0 Å². The van der Waals surface area contributed by atoms with Crippen molar-refractivity contribution in [3.63, 3.8) is 0 Å². The van der Waals surface area contributed by atoms with Crippen LogP contribution < -0.4 is 10.6 Å². The van der Waals surface area contributed by atoms with Gasteiger partial charge in [0.05, 0.1) is 11.9 Å². The minimum Gasteiger partial charge on any atom is -0.475 e. The molecule has 1 spiro atoms. The van der Waals surface area contributed by atoms with Gasteiger partial charge in [0.15, 0.2) is 0 Å². The fourth-order valence-electron chi connectivity index (χ4n) is 3.98. The molecule has 2 atom stereocenters. The number of nitrogens with zero attached hydrogens (tertiary/aromatic N) is 2. The molecule has 11 heteroatoms. The molecule has 1 aromatic heterocycles. The third kappa shape index (κ3) is 6.24. The van der Waals surface area contributed by atoms with E-state index in [2.05, 4.69) is 28.6 Å². The van der Waals surface area contributed by atoms with E-state index in [1.807, 2.05) is 29.2 Å². The number of aliphatic carboxylic acids is 1. The van der Waals surface area contributed by atoms with Gasteiger partial charge in [0.25, 0.3) is 0 Å². The molecule has 1 aliphatic heterocycles. The fraction of sp³-hybridized carbons (Fsp3) is 0.391. The largest absolute Gasteiger partial charge is 0.490 e. The zero-order valence-electron chi connectivity index (χ0n) is 18.4. The van der Waals surface area contributed by atoms with Gasteiger partial charge in [-0.3, -0.25) is 9.78 Å². The van der Waals surface area contributed by atoms with Crippen LogP contribution in [0.5, 0.6) is 0 Å². The summed E-state index contributed by atoms with van der Waals surface area (Å²) in [5.74, 6) is -2.76. The van der Waals surface area contributed by atoms with Crippen molar-refractivity contribution in [1.29, 1.82) is 0 Å². The quantitative estimate of drug-likeness (QED) is 0.611. The van der Waals surface area contributed by atoms with Crippen LogP contribution in [0.15, 0.2) is 48.8 Å². The third-order valence-electron chi connectivity index (χ3n) is 5.94. The van der Waals surface area contributed by atoms with Crippen molar-refractivity contribution in [2.45, 2.75) is 32.4 Å². The van der Waals surface area contributed by atoms with Gasteiger partial charge in [0.1, 0.15) is 0 Å². The summed E-state index contributed by atoms with van der Waals surface area (Å²) in [5.41, 5.74) is 2.67. The first kappa shape index (κ1) is 25.0. The molecule has 1 saturated carbocycles. The Kier molecular flexibility index (Phi) is 7.43. The number of aromatic nitrogens is 1. The van der Waals surface area contributed by atoms with Crippen LogP contribution in [0.2, 0.25) is 0 Å². The Morgan fingerprint density at radius 3 is 2.50 bits per heavy atom. The van der Waals surface area contributed by atoms with Crippen LogP contribution in [0.1, 0.15) is 25.3 Å². The van der Waals surface area contributed by atoms with E-state index in [4.69, 9.17) is 9.90 Å². The molecular weight excluding hydrogens is 453 g/mol. The van der Waals surface area contributed by atoms with E-state index in [1.165, 1.54) is 5.56 Å². The lowest BCUT2D eigenvalue weighted by Crippen LogP contribution is -2.33. The number of carbonyl (C=O) groups excluding carboxylic acids is 2. The van der Waals surface area contributed by atoms with Crippen molar-refractivity contribution < 1.29 is 32.7 Å². The van der Waals surface area contributed by atoms with E-state index >= 15 is 0 Å². The van der Waals surface area contributed by atoms with Crippen molar-refractivity contribution in [3.05, 3.63) is 54.4 Å². The van der Waals surface area contributed by atoms with Gasteiger partial charge >= 0.3 is 18.2 Å². The highest BCUT2D eigenvalue weighted by atomic mass is 19.4.